The number of benzene rings is 2. The predicted molar refractivity (Wildman–Crippen MR) is 183 cm³/mol. The molecule has 0 aromatic heterocycles. The van der Waals surface area contributed by atoms with E-state index in [0.29, 0.717) is 42.9 Å². The van der Waals surface area contributed by atoms with Crippen molar-refractivity contribution in [2.24, 2.45) is 40.6 Å². The molecule has 2 aromatic carbocycles. The molecule has 6 rings (SSSR count). The molecule has 0 aliphatic heterocycles. The van der Waals surface area contributed by atoms with E-state index in [-0.39, 0.29) is 35.8 Å². The predicted octanol–water partition coefficient (Wildman–Crippen LogP) is 2.31. The number of nitrogens with two attached hydrogens (primary N) is 2. The summed E-state index contributed by atoms with van der Waals surface area (Å²) in [6, 6.07) is 13.6. The fraction of sp³-hybridized carbons (Fsp3) is 0.556. The minimum Gasteiger partial charge on any atom is -0.508 e. The van der Waals surface area contributed by atoms with Gasteiger partial charge in [0.25, 0.3) is 0 Å². The van der Waals surface area contributed by atoms with Gasteiger partial charge in [-0.05, 0) is 116 Å². The highest BCUT2D eigenvalue weighted by Crippen LogP contribution is 2.62. The number of phenolic OH excluding ortho intramolecular Hbond substituents is 1. The molecule has 0 spiro atoms. The molecule has 11 heteroatoms. The van der Waals surface area contributed by atoms with Crippen LogP contribution in [-0.2, 0) is 32.0 Å². The summed E-state index contributed by atoms with van der Waals surface area (Å²) in [5.41, 5.74) is 14.1. The van der Waals surface area contributed by atoms with Crippen molar-refractivity contribution in [2.45, 2.75) is 69.5 Å². The molecule has 254 valence electrons. The third kappa shape index (κ3) is 8.55. The monoisotopic (exact) mass is 663 g/mol. The van der Waals surface area contributed by atoms with Crippen LogP contribution >= 0.6 is 11.8 Å². The van der Waals surface area contributed by atoms with Gasteiger partial charge in [0.15, 0.2) is 5.78 Å². The van der Waals surface area contributed by atoms with E-state index in [0.717, 1.165) is 36.8 Å². The number of phenols is 1. The zero-order valence-corrected chi connectivity index (χ0v) is 28.0. The van der Waals surface area contributed by atoms with Crippen LogP contribution < -0.4 is 27.4 Å². The van der Waals surface area contributed by atoms with Gasteiger partial charge in [0.2, 0.25) is 17.7 Å². The van der Waals surface area contributed by atoms with E-state index in [1.54, 1.807) is 12.1 Å². The topological polar surface area (TPSA) is 177 Å². The lowest BCUT2D eigenvalue weighted by Crippen LogP contribution is -2.61. The lowest BCUT2D eigenvalue weighted by Gasteiger charge is -2.61. The van der Waals surface area contributed by atoms with Crippen LogP contribution in [0, 0.1) is 29.1 Å². The number of ketones is 1. The van der Waals surface area contributed by atoms with Crippen molar-refractivity contribution in [3.8, 4) is 5.75 Å². The Morgan fingerprint density at radius 2 is 1.55 bits per heavy atom. The summed E-state index contributed by atoms with van der Waals surface area (Å²) in [5, 5.41) is 17.9. The number of thioether (sulfide) groups is 1. The summed E-state index contributed by atoms with van der Waals surface area (Å²) in [4.78, 5) is 53.9. The van der Waals surface area contributed by atoms with Crippen molar-refractivity contribution in [3.63, 3.8) is 0 Å². The normalized spacial score (nSPS) is 26.2. The second kappa shape index (κ2) is 15.7. The average Bonchev–Trinajstić information content (AvgIpc) is 3.06. The highest BCUT2D eigenvalue weighted by atomic mass is 32.2. The first-order chi connectivity index (χ1) is 22.6. The van der Waals surface area contributed by atoms with Gasteiger partial charge in [-0.3, -0.25) is 19.2 Å². The summed E-state index contributed by atoms with van der Waals surface area (Å²) in [6.45, 7) is 0.152. The summed E-state index contributed by atoms with van der Waals surface area (Å²) in [7, 11) is 0. The lowest BCUT2D eigenvalue weighted by atomic mass is 9.44. The van der Waals surface area contributed by atoms with E-state index in [1.165, 1.54) is 30.3 Å². The SMILES string of the molecule is CSCC[C@@H](NC(=O)[C@@H](N)Cc1ccc(O)cc1)C(=O)NCC(=O)N[C@@H](Cc1ccccc1)C(=O)C1C2CC3CC(C2)CC1(CN)C3. The van der Waals surface area contributed by atoms with Crippen LogP contribution in [0.15, 0.2) is 54.6 Å². The first kappa shape index (κ1) is 34.9. The Morgan fingerprint density at radius 3 is 2.19 bits per heavy atom. The van der Waals surface area contributed by atoms with Crippen LogP contribution in [0.2, 0.25) is 0 Å². The Bertz CT molecular complexity index is 1390. The lowest BCUT2D eigenvalue weighted by molar-refractivity contribution is -0.152. The average molecular weight is 664 g/mol. The zero-order valence-electron chi connectivity index (χ0n) is 27.2. The number of carbonyl (C=O) groups is 4. The molecule has 4 aliphatic carbocycles. The van der Waals surface area contributed by atoms with Crippen molar-refractivity contribution < 1.29 is 24.3 Å². The molecule has 4 saturated carbocycles. The second-order valence-corrected chi connectivity index (χ2v) is 14.9. The highest BCUT2D eigenvalue weighted by Gasteiger charge is 2.59. The van der Waals surface area contributed by atoms with Gasteiger partial charge < -0.3 is 32.5 Å². The maximum Gasteiger partial charge on any atom is 0.243 e. The van der Waals surface area contributed by atoms with Crippen LogP contribution in [0.3, 0.4) is 0 Å². The quantitative estimate of drug-likeness (QED) is 0.159. The maximum atomic E-state index is 14.4. The number of rotatable bonds is 16. The van der Waals surface area contributed by atoms with Gasteiger partial charge >= 0.3 is 0 Å². The van der Waals surface area contributed by atoms with Crippen molar-refractivity contribution in [1.29, 1.82) is 0 Å². The Hall–Kier alpha value is -3.41. The number of aromatic hydroxyl groups is 1. The molecule has 8 N–H and O–H groups in total. The van der Waals surface area contributed by atoms with Gasteiger partial charge in [-0.15, -0.1) is 0 Å². The third-order valence-electron chi connectivity index (χ3n) is 10.5. The Balaban J connectivity index is 1.22. The molecule has 3 unspecified atom stereocenters. The molecule has 0 saturated heterocycles. The van der Waals surface area contributed by atoms with Gasteiger partial charge in [-0.2, -0.15) is 11.8 Å². The number of hydrogen-bond acceptors (Lipinski definition) is 8. The molecule has 3 amide bonds. The summed E-state index contributed by atoms with van der Waals surface area (Å²) in [5.74, 6) is 0.738. The van der Waals surface area contributed by atoms with Crippen molar-refractivity contribution in [1.82, 2.24) is 16.0 Å². The molecular weight excluding hydrogens is 614 g/mol. The standard InChI is InChI=1S/C36H49N5O5S/c1-47-12-11-29(41-34(45)28(38)16-23-7-9-27(42)10-8-23)35(46)39-20-31(43)40-30(17-22-5-3-2-4-6-22)33(44)32-26-14-24-13-25(15-26)19-36(32,18-24)21-37/h2-10,24-26,28-30,32,42H,11-21,37-38H2,1H3,(H,39,46)(H,40,43)(H,41,45)/t24?,25?,26?,28-,29+,30-,32?,36?/m0/s1. The van der Waals surface area contributed by atoms with Crippen LogP contribution in [-0.4, -0.2) is 71.8 Å². The van der Waals surface area contributed by atoms with Gasteiger partial charge in [0.05, 0.1) is 18.6 Å². The highest BCUT2D eigenvalue weighted by molar-refractivity contribution is 7.98. The number of nitrogens with one attached hydrogen (secondary N) is 3. The van der Waals surface area contributed by atoms with E-state index >= 15 is 0 Å². The van der Waals surface area contributed by atoms with E-state index in [1.807, 2.05) is 36.6 Å². The summed E-state index contributed by atoms with van der Waals surface area (Å²) >= 11 is 1.54. The fourth-order valence-corrected chi connectivity index (χ4v) is 9.10. The number of carbonyl (C=O) groups excluding carboxylic acids is 4. The third-order valence-corrected chi connectivity index (χ3v) is 11.2. The van der Waals surface area contributed by atoms with Crippen LogP contribution in [0.25, 0.3) is 0 Å². The number of hydrogen-bond donors (Lipinski definition) is 6. The largest absolute Gasteiger partial charge is 0.508 e. The second-order valence-electron chi connectivity index (χ2n) is 13.9. The molecule has 10 nitrogen and oxygen atoms in total. The molecule has 0 radical (unpaired) electrons. The van der Waals surface area contributed by atoms with E-state index < -0.39 is 35.8 Å². The van der Waals surface area contributed by atoms with E-state index in [4.69, 9.17) is 11.5 Å². The fourth-order valence-electron chi connectivity index (χ4n) is 8.62. The summed E-state index contributed by atoms with van der Waals surface area (Å²) in [6.07, 6.45) is 8.17. The van der Waals surface area contributed by atoms with Crippen LogP contribution in [0.5, 0.6) is 5.75 Å². The Kier molecular flexibility index (Phi) is 11.6. The molecule has 6 atom stereocenters. The van der Waals surface area contributed by atoms with Crippen molar-refractivity contribution in [3.05, 3.63) is 65.7 Å². The Morgan fingerprint density at radius 1 is 0.894 bits per heavy atom. The van der Waals surface area contributed by atoms with Gasteiger partial charge in [-0.25, -0.2) is 0 Å². The van der Waals surface area contributed by atoms with Crippen LogP contribution in [0.4, 0.5) is 0 Å². The minimum atomic E-state index is -0.904. The number of Topliss-reactive ketones (excluding diaryl/α,β-unsaturated/α-hetero) is 1. The van der Waals surface area contributed by atoms with Gasteiger partial charge in [0, 0.05) is 5.92 Å². The van der Waals surface area contributed by atoms with Crippen molar-refractivity contribution >= 4 is 35.3 Å². The molecule has 2 aromatic rings. The maximum absolute atomic E-state index is 14.4. The first-order valence-corrected chi connectivity index (χ1v) is 18.2. The van der Waals surface area contributed by atoms with Crippen molar-refractivity contribution in [2.75, 3.05) is 25.1 Å². The van der Waals surface area contributed by atoms with Gasteiger partial charge in [-0.1, -0.05) is 42.5 Å². The molecule has 0 heterocycles. The molecular formula is C36H49N5O5S. The Labute approximate surface area is 281 Å². The molecule has 4 aliphatic rings. The smallest absolute Gasteiger partial charge is 0.243 e. The molecule has 4 bridgehead atoms. The van der Waals surface area contributed by atoms with E-state index in [9.17, 15) is 24.3 Å². The molecule has 47 heavy (non-hydrogen) atoms. The zero-order chi connectivity index (χ0) is 33.6. The first-order valence-electron chi connectivity index (χ1n) is 16.8. The van der Waals surface area contributed by atoms with Gasteiger partial charge in [0.1, 0.15) is 11.8 Å². The van der Waals surface area contributed by atoms with Crippen LogP contribution in [0.1, 0.15) is 49.7 Å². The number of amides is 3. The molecule has 4 fully saturated rings. The minimum absolute atomic E-state index is 0.0514. The van der Waals surface area contributed by atoms with E-state index in [2.05, 4.69) is 16.0 Å². The summed E-state index contributed by atoms with van der Waals surface area (Å²) < 4.78 is 0.